The summed E-state index contributed by atoms with van der Waals surface area (Å²) in [6.45, 7) is 6.05. The molecule has 0 aromatic carbocycles. The first-order valence-electron chi connectivity index (χ1n) is 12.6. The van der Waals surface area contributed by atoms with Crippen molar-refractivity contribution in [2.45, 2.75) is 70.5 Å². The van der Waals surface area contributed by atoms with Gasteiger partial charge in [-0.25, -0.2) is 14.8 Å². The maximum absolute atomic E-state index is 14.1. The Hall–Kier alpha value is -3.61. The van der Waals surface area contributed by atoms with Gasteiger partial charge in [-0.2, -0.15) is 13.2 Å². The van der Waals surface area contributed by atoms with E-state index in [1.165, 1.54) is 17.9 Å². The van der Waals surface area contributed by atoms with Crippen molar-refractivity contribution in [3.8, 4) is 11.3 Å². The number of carboxylic acids is 1. The van der Waals surface area contributed by atoms with Crippen molar-refractivity contribution >= 4 is 24.1 Å². The summed E-state index contributed by atoms with van der Waals surface area (Å²) in [6.07, 6.45) is 1.71. The summed E-state index contributed by atoms with van der Waals surface area (Å²) in [7, 11) is 1.42. The van der Waals surface area contributed by atoms with Gasteiger partial charge in [0.2, 0.25) is 5.95 Å². The Morgan fingerprint density at radius 1 is 1.26 bits per heavy atom. The molecule has 0 spiro atoms. The number of aliphatic carboxylic acids is 1. The van der Waals surface area contributed by atoms with Crippen LogP contribution < -0.4 is 5.32 Å². The third kappa shape index (κ3) is 6.35. The number of nitrogens with zero attached hydrogens (tertiary/aromatic N) is 4. The zero-order valence-electron chi connectivity index (χ0n) is 22.2. The smallest absolute Gasteiger partial charge is 0.419 e. The van der Waals surface area contributed by atoms with Crippen LogP contribution in [-0.4, -0.2) is 68.4 Å². The van der Waals surface area contributed by atoms with Crippen molar-refractivity contribution < 1.29 is 37.3 Å². The summed E-state index contributed by atoms with van der Waals surface area (Å²) < 4.78 is 54.4. The second-order valence-electron chi connectivity index (χ2n) is 10.6. The Kier molecular flexibility index (Phi) is 7.92. The average Bonchev–Trinajstić information content (AvgIpc) is 3.21. The molecule has 3 heterocycles. The number of carboxylic acid groups (broad SMARTS) is 1. The molecule has 4 rings (SSSR count). The van der Waals surface area contributed by atoms with Crippen molar-refractivity contribution in [2.24, 2.45) is 0 Å². The highest BCUT2D eigenvalue weighted by atomic mass is 19.4. The van der Waals surface area contributed by atoms with Gasteiger partial charge in [0.15, 0.2) is 0 Å². The molecule has 1 fully saturated rings. The number of amides is 1. The molecule has 1 saturated heterocycles. The first-order valence-corrected chi connectivity index (χ1v) is 12.6. The van der Waals surface area contributed by atoms with Gasteiger partial charge in [-0.15, -0.1) is 0 Å². The molecule has 1 aliphatic heterocycles. The second-order valence-corrected chi connectivity index (χ2v) is 10.6. The highest BCUT2D eigenvalue weighted by molar-refractivity contribution is 5.85. The van der Waals surface area contributed by atoms with Crippen LogP contribution in [0.25, 0.3) is 17.3 Å². The molecule has 2 N–H and O–H groups in total. The fourth-order valence-corrected chi connectivity index (χ4v) is 4.87. The van der Waals surface area contributed by atoms with E-state index >= 15 is 0 Å². The molecule has 1 amide bonds. The number of anilines is 1. The average molecular weight is 552 g/mol. The van der Waals surface area contributed by atoms with Crippen LogP contribution in [0.5, 0.6) is 0 Å². The number of allylic oxidation sites excluding steroid dienone is 1. The van der Waals surface area contributed by atoms with Crippen molar-refractivity contribution in [1.29, 1.82) is 0 Å². The minimum atomic E-state index is -4.76. The second kappa shape index (κ2) is 10.9. The normalized spacial score (nSPS) is 19.5. The number of aromatic nitrogens is 3. The van der Waals surface area contributed by atoms with Crippen LogP contribution in [0.4, 0.5) is 23.9 Å². The van der Waals surface area contributed by atoms with Crippen LogP contribution in [0.15, 0.2) is 18.5 Å². The number of likely N-dealkylation sites (tertiary alicyclic amines) is 1. The molecule has 13 heteroatoms. The summed E-state index contributed by atoms with van der Waals surface area (Å²) in [5.41, 5.74) is -1.26. The SMILES string of the molecule is COCn1cc(-c2nc(N[C@H]3CCCN(C(=O)OC(C)(C)C)C3)ncc2C(F)(F)F)c2c1C(C(=O)O)CC=C2. The number of nitrogens with one attached hydrogen (secondary N) is 1. The van der Waals surface area contributed by atoms with Gasteiger partial charge in [0.25, 0.3) is 0 Å². The molecule has 2 aromatic rings. The summed E-state index contributed by atoms with van der Waals surface area (Å²) in [5, 5.41) is 12.8. The molecule has 10 nitrogen and oxygen atoms in total. The zero-order valence-corrected chi connectivity index (χ0v) is 22.2. The summed E-state index contributed by atoms with van der Waals surface area (Å²) in [6, 6.07) is -0.306. The first-order chi connectivity index (χ1) is 18.3. The van der Waals surface area contributed by atoms with Gasteiger partial charge in [-0.05, 0) is 40.0 Å². The standard InChI is InChI=1S/C26H32F3N5O5/c1-25(2,3)39-24(37)33-10-6-7-15(12-33)31-23-30-11-19(26(27,28)29)20(32-23)18-13-34(14-38-4)21-16(18)8-5-9-17(21)22(35)36/h5,8,11,13,15,17H,6-7,9-10,12,14H2,1-4H3,(H,35,36)(H,30,31,32)/t15-,17?/m0/s1. The number of ether oxygens (including phenoxy) is 2. The van der Waals surface area contributed by atoms with E-state index in [1.54, 1.807) is 37.8 Å². The lowest BCUT2D eigenvalue weighted by Gasteiger charge is -2.34. The van der Waals surface area contributed by atoms with Crippen molar-refractivity contribution in [3.63, 3.8) is 0 Å². The van der Waals surface area contributed by atoms with E-state index in [4.69, 9.17) is 9.47 Å². The van der Waals surface area contributed by atoms with Gasteiger partial charge in [0, 0.05) is 55.5 Å². The molecule has 1 aliphatic carbocycles. The molecular formula is C26H32F3N5O5. The fourth-order valence-electron chi connectivity index (χ4n) is 4.87. The topological polar surface area (TPSA) is 119 Å². The number of carbonyl (C=O) groups excluding carboxylic acids is 1. The molecule has 2 aromatic heterocycles. The molecule has 0 radical (unpaired) electrons. The van der Waals surface area contributed by atoms with Gasteiger partial charge >= 0.3 is 18.2 Å². The Morgan fingerprint density at radius 2 is 2.00 bits per heavy atom. The van der Waals surface area contributed by atoms with E-state index in [1.807, 2.05) is 0 Å². The van der Waals surface area contributed by atoms with Gasteiger partial charge in [-0.3, -0.25) is 4.79 Å². The maximum Gasteiger partial charge on any atom is 0.419 e. The lowest BCUT2D eigenvalue weighted by Crippen LogP contribution is -2.47. The van der Waals surface area contributed by atoms with E-state index < -0.39 is 35.3 Å². The van der Waals surface area contributed by atoms with E-state index in [-0.39, 0.29) is 42.9 Å². The molecule has 212 valence electrons. The predicted octanol–water partition coefficient (Wildman–Crippen LogP) is 4.96. The van der Waals surface area contributed by atoms with Gasteiger partial charge < -0.3 is 29.4 Å². The zero-order chi connectivity index (χ0) is 28.5. The number of piperidine rings is 1. The van der Waals surface area contributed by atoms with Crippen molar-refractivity contribution in [3.05, 3.63) is 35.3 Å². The Morgan fingerprint density at radius 3 is 2.64 bits per heavy atom. The minimum absolute atomic E-state index is 0.0307. The van der Waals surface area contributed by atoms with E-state index in [2.05, 4.69) is 15.3 Å². The number of fused-ring (bicyclic) bond motifs is 1. The van der Waals surface area contributed by atoms with Crippen LogP contribution in [-0.2, 0) is 27.2 Å². The predicted molar refractivity (Wildman–Crippen MR) is 136 cm³/mol. The quantitative estimate of drug-likeness (QED) is 0.517. The molecule has 39 heavy (non-hydrogen) atoms. The number of rotatable bonds is 6. The summed E-state index contributed by atoms with van der Waals surface area (Å²) >= 11 is 0. The van der Waals surface area contributed by atoms with Crippen molar-refractivity contribution in [2.75, 3.05) is 25.5 Å². The minimum Gasteiger partial charge on any atom is -0.481 e. The lowest BCUT2D eigenvalue weighted by atomic mass is 9.90. The van der Waals surface area contributed by atoms with Gasteiger partial charge in [0.1, 0.15) is 23.8 Å². The third-order valence-corrected chi connectivity index (χ3v) is 6.47. The number of halogens is 3. The van der Waals surface area contributed by atoms with Crippen LogP contribution in [0.2, 0.25) is 0 Å². The number of alkyl halides is 3. The number of hydrogen-bond donors (Lipinski definition) is 2. The molecule has 2 atom stereocenters. The molecular weight excluding hydrogens is 519 g/mol. The number of methoxy groups -OCH3 is 1. The van der Waals surface area contributed by atoms with Crippen LogP contribution in [0.1, 0.15) is 62.8 Å². The highest BCUT2D eigenvalue weighted by Gasteiger charge is 2.38. The first kappa shape index (κ1) is 28.4. The van der Waals surface area contributed by atoms with Gasteiger partial charge in [-0.1, -0.05) is 12.2 Å². The summed E-state index contributed by atoms with van der Waals surface area (Å²) in [5.74, 6) is -2.06. The molecule has 0 bridgehead atoms. The Balaban J connectivity index is 1.70. The molecule has 1 unspecified atom stereocenters. The number of hydrogen-bond acceptors (Lipinski definition) is 7. The fraction of sp³-hybridized carbons (Fsp3) is 0.538. The van der Waals surface area contributed by atoms with Crippen LogP contribution in [0.3, 0.4) is 0 Å². The van der Waals surface area contributed by atoms with E-state index in [0.717, 1.165) is 6.20 Å². The maximum atomic E-state index is 14.1. The Bertz CT molecular complexity index is 1270. The highest BCUT2D eigenvalue weighted by Crippen LogP contribution is 2.42. The number of carbonyl (C=O) groups is 2. The molecule has 2 aliphatic rings. The van der Waals surface area contributed by atoms with E-state index in [9.17, 15) is 27.9 Å². The molecule has 0 saturated carbocycles. The third-order valence-electron chi connectivity index (χ3n) is 6.47. The summed E-state index contributed by atoms with van der Waals surface area (Å²) in [4.78, 5) is 34.2. The van der Waals surface area contributed by atoms with Crippen molar-refractivity contribution in [1.82, 2.24) is 19.4 Å². The monoisotopic (exact) mass is 551 g/mol. The lowest BCUT2D eigenvalue weighted by molar-refractivity contribution is -0.139. The van der Waals surface area contributed by atoms with Crippen LogP contribution >= 0.6 is 0 Å². The Labute approximate surface area is 223 Å². The van der Waals surface area contributed by atoms with Crippen LogP contribution in [0, 0.1) is 0 Å². The van der Waals surface area contributed by atoms with Gasteiger partial charge in [0.05, 0.1) is 5.69 Å². The van der Waals surface area contributed by atoms with E-state index in [0.29, 0.717) is 30.6 Å². The largest absolute Gasteiger partial charge is 0.481 e.